The fourth-order valence-corrected chi connectivity index (χ4v) is 1.96. The molecule has 0 radical (unpaired) electrons. The summed E-state index contributed by atoms with van der Waals surface area (Å²) < 4.78 is 16.2. The average molecular weight is 288 g/mol. The summed E-state index contributed by atoms with van der Waals surface area (Å²) in [5.74, 6) is 0.521. The highest BCUT2D eigenvalue weighted by atomic mass is 16.5. The Morgan fingerprint density at radius 3 is 2.19 bits per heavy atom. The first-order chi connectivity index (χ1) is 10.2. The van der Waals surface area contributed by atoms with E-state index in [4.69, 9.17) is 19.3 Å². The Morgan fingerprint density at radius 1 is 1.00 bits per heavy atom. The minimum atomic E-state index is -0.985. The summed E-state index contributed by atoms with van der Waals surface area (Å²) >= 11 is 0. The maximum Gasteiger partial charge on any atom is 0.336 e. The maximum absolute atomic E-state index is 11.2. The Bertz CT molecular complexity index is 614. The molecule has 0 spiro atoms. The standard InChI is InChI=1S/C16H16O5/c1-19-13-8-5-9-14(20-2)15(13)21-10-11-6-3-4-7-12(11)16(17)18/h3-9H,10H2,1-2H3,(H,17,18). The summed E-state index contributed by atoms with van der Waals surface area (Å²) in [6.07, 6.45) is 0. The number of benzene rings is 2. The largest absolute Gasteiger partial charge is 0.493 e. The first-order valence-corrected chi connectivity index (χ1v) is 6.32. The molecule has 0 fully saturated rings. The van der Waals surface area contributed by atoms with E-state index in [0.717, 1.165) is 0 Å². The van der Waals surface area contributed by atoms with Crippen molar-refractivity contribution in [2.45, 2.75) is 6.61 Å². The number of para-hydroxylation sites is 1. The highest BCUT2D eigenvalue weighted by Crippen LogP contribution is 2.37. The van der Waals surface area contributed by atoms with Gasteiger partial charge in [0.15, 0.2) is 11.5 Å². The molecule has 0 atom stereocenters. The molecule has 0 heterocycles. The van der Waals surface area contributed by atoms with Gasteiger partial charge in [-0.05, 0) is 18.2 Å². The molecule has 5 nitrogen and oxygen atoms in total. The lowest BCUT2D eigenvalue weighted by Crippen LogP contribution is -2.06. The maximum atomic E-state index is 11.2. The topological polar surface area (TPSA) is 65.0 Å². The molecular formula is C16H16O5. The van der Waals surface area contributed by atoms with Crippen LogP contribution in [0.5, 0.6) is 17.2 Å². The number of carboxylic acids is 1. The van der Waals surface area contributed by atoms with Gasteiger partial charge in [-0.25, -0.2) is 4.79 Å². The smallest absolute Gasteiger partial charge is 0.336 e. The summed E-state index contributed by atoms with van der Waals surface area (Å²) in [5.41, 5.74) is 0.796. The van der Waals surface area contributed by atoms with Crippen LogP contribution in [0.4, 0.5) is 0 Å². The minimum absolute atomic E-state index is 0.110. The molecular weight excluding hydrogens is 272 g/mol. The zero-order valence-electron chi connectivity index (χ0n) is 11.8. The average Bonchev–Trinajstić information content (AvgIpc) is 2.52. The number of carboxylic acid groups (broad SMARTS) is 1. The molecule has 1 N–H and O–H groups in total. The Morgan fingerprint density at radius 2 is 1.62 bits per heavy atom. The number of rotatable bonds is 6. The highest BCUT2D eigenvalue weighted by Gasteiger charge is 2.14. The molecule has 0 unspecified atom stereocenters. The van der Waals surface area contributed by atoms with E-state index in [1.165, 1.54) is 14.2 Å². The van der Waals surface area contributed by atoms with Gasteiger partial charge in [-0.3, -0.25) is 0 Å². The van der Waals surface area contributed by atoms with Crippen LogP contribution in [0.1, 0.15) is 15.9 Å². The van der Waals surface area contributed by atoms with Gasteiger partial charge in [-0.15, -0.1) is 0 Å². The third-order valence-corrected chi connectivity index (χ3v) is 3.00. The van der Waals surface area contributed by atoms with Crippen LogP contribution in [0.2, 0.25) is 0 Å². The lowest BCUT2D eigenvalue weighted by Gasteiger charge is -2.14. The van der Waals surface area contributed by atoms with Crippen molar-refractivity contribution >= 4 is 5.97 Å². The second-order valence-electron chi connectivity index (χ2n) is 4.24. The predicted octanol–water partition coefficient (Wildman–Crippen LogP) is 2.98. The molecule has 0 aromatic heterocycles. The normalized spacial score (nSPS) is 10.0. The predicted molar refractivity (Wildman–Crippen MR) is 77.3 cm³/mol. The molecule has 0 aliphatic rings. The van der Waals surface area contributed by atoms with Gasteiger partial charge >= 0.3 is 5.97 Å². The van der Waals surface area contributed by atoms with Crippen LogP contribution >= 0.6 is 0 Å². The molecule has 110 valence electrons. The second-order valence-corrected chi connectivity index (χ2v) is 4.24. The van der Waals surface area contributed by atoms with Gasteiger partial charge in [-0.1, -0.05) is 24.3 Å². The molecule has 5 heteroatoms. The third kappa shape index (κ3) is 3.25. The van der Waals surface area contributed by atoms with Gasteiger partial charge in [0.25, 0.3) is 0 Å². The van der Waals surface area contributed by atoms with Crippen LogP contribution in [-0.2, 0) is 6.61 Å². The highest BCUT2D eigenvalue weighted by molar-refractivity contribution is 5.89. The van der Waals surface area contributed by atoms with Gasteiger partial charge in [0, 0.05) is 5.56 Å². The van der Waals surface area contributed by atoms with Crippen molar-refractivity contribution < 1.29 is 24.1 Å². The summed E-state index contributed by atoms with van der Waals surface area (Å²) in [6.45, 7) is 0.110. The molecule has 2 aromatic carbocycles. The van der Waals surface area contributed by atoms with Crippen LogP contribution < -0.4 is 14.2 Å². The van der Waals surface area contributed by atoms with E-state index < -0.39 is 5.97 Å². The van der Waals surface area contributed by atoms with E-state index in [1.807, 2.05) is 0 Å². The van der Waals surface area contributed by atoms with Crippen LogP contribution in [0.15, 0.2) is 42.5 Å². The molecule has 2 rings (SSSR count). The van der Waals surface area contributed by atoms with Crippen molar-refractivity contribution in [1.29, 1.82) is 0 Å². The van der Waals surface area contributed by atoms with Gasteiger partial charge in [0.1, 0.15) is 6.61 Å². The van der Waals surface area contributed by atoms with Crippen LogP contribution in [0.3, 0.4) is 0 Å². The third-order valence-electron chi connectivity index (χ3n) is 3.00. The first kappa shape index (κ1) is 14.7. The molecule has 0 aliphatic carbocycles. The number of methoxy groups -OCH3 is 2. The molecule has 0 saturated carbocycles. The molecule has 0 saturated heterocycles. The van der Waals surface area contributed by atoms with Crippen molar-refractivity contribution in [3.63, 3.8) is 0 Å². The molecule has 0 bridgehead atoms. The van der Waals surface area contributed by atoms with Crippen molar-refractivity contribution in [1.82, 2.24) is 0 Å². The van der Waals surface area contributed by atoms with Crippen molar-refractivity contribution in [2.24, 2.45) is 0 Å². The van der Waals surface area contributed by atoms with Crippen LogP contribution in [0.25, 0.3) is 0 Å². The number of hydrogen-bond donors (Lipinski definition) is 1. The fraction of sp³-hybridized carbons (Fsp3) is 0.188. The lowest BCUT2D eigenvalue weighted by molar-refractivity contribution is 0.0694. The minimum Gasteiger partial charge on any atom is -0.493 e. The molecule has 21 heavy (non-hydrogen) atoms. The van der Waals surface area contributed by atoms with Gasteiger partial charge in [0.05, 0.1) is 19.8 Å². The zero-order chi connectivity index (χ0) is 15.2. The van der Waals surface area contributed by atoms with Gasteiger partial charge in [-0.2, -0.15) is 0 Å². The van der Waals surface area contributed by atoms with Crippen LogP contribution in [0, 0.1) is 0 Å². The second kappa shape index (κ2) is 6.65. The number of carbonyl (C=O) groups is 1. The number of aromatic carboxylic acids is 1. The van der Waals surface area contributed by atoms with Crippen molar-refractivity contribution in [2.75, 3.05) is 14.2 Å². The van der Waals surface area contributed by atoms with E-state index in [1.54, 1.807) is 42.5 Å². The summed E-state index contributed by atoms with van der Waals surface area (Å²) in [7, 11) is 3.07. The van der Waals surface area contributed by atoms with E-state index in [0.29, 0.717) is 22.8 Å². The Balaban J connectivity index is 2.26. The van der Waals surface area contributed by atoms with E-state index in [2.05, 4.69) is 0 Å². The monoisotopic (exact) mass is 288 g/mol. The Kier molecular flexibility index (Phi) is 4.66. The summed E-state index contributed by atoms with van der Waals surface area (Å²) in [6, 6.07) is 12.0. The van der Waals surface area contributed by atoms with Crippen LogP contribution in [-0.4, -0.2) is 25.3 Å². The SMILES string of the molecule is COc1cccc(OC)c1OCc1ccccc1C(=O)O. The Labute approximate surface area is 122 Å². The molecule has 0 aliphatic heterocycles. The Hall–Kier alpha value is -2.69. The quantitative estimate of drug-likeness (QED) is 0.885. The van der Waals surface area contributed by atoms with Gasteiger partial charge < -0.3 is 19.3 Å². The van der Waals surface area contributed by atoms with Crippen molar-refractivity contribution in [3.05, 3.63) is 53.6 Å². The summed E-state index contributed by atoms with van der Waals surface area (Å²) in [5, 5.41) is 9.16. The number of hydrogen-bond acceptors (Lipinski definition) is 4. The van der Waals surface area contributed by atoms with Crippen molar-refractivity contribution in [3.8, 4) is 17.2 Å². The summed E-state index contributed by atoms with van der Waals surface area (Å²) in [4.78, 5) is 11.2. The fourth-order valence-electron chi connectivity index (χ4n) is 1.96. The zero-order valence-corrected chi connectivity index (χ0v) is 11.8. The lowest BCUT2D eigenvalue weighted by atomic mass is 10.1. The number of ether oxygens (including phenoxy) is 3. The first-order valence-electron chi connectivity index (χ1n) is 6.32. The van der Waals surface area contributed by atoms with E-state index >= 15 is 0 Å². The van der Waals surface area contributed by atoms with Gasteiger partial charge in [0.2, 0.25) is 5.75 Å². The van der Waals surface area contributed by atoms with E-state index in [9.17, 15) is 4.79 Å². The van der Waals surface area contributed by atoms with E-state index in [-0.39, 0.29) is 12.2 Å². The molecule has 2 aromatic rings. The molecule has 0 amide bonds.